The number of rotatable bonds is 5. The molecule has 0 bridgehead atoms. The van der Waals surface area contributed by atoms with Crippen LogP contribution in [0.15, 0.2) is 12.2 Å². The summed E-state index contributed by atoms with van der Waals surface area (Å²) in [4.78, 5) is 22.3. The van der Waals surface area contributed by atoms with E-state index < -0.39 is 36.6 Å². The molecule has 1 aliphatic heterocycles. The summed E-state index contributed by atoms with van der Waals surface area (Å²) in [5, 5.41) is 0. The molecule has 0 saturated carbocycles. The summed E-state index contributed by atoms with van der Waals surface area (Å²) in [5.41, 5.74) is -1.61. The van der Waals surface area contributed by atoms with Gasteiger partial charge in [0.2, 0.25) is 6.29 Å². The Kier molecular flexibility index (Phi) is 6.34. The van der Waals surface area contributed by atoms with Crippen LogP contribution in [-0.2, 0) is 23.8 Å². The highest BCUT2D eigenvalue weighted by Gasteiger charge is 2.37. The molecule has 1 fully saturated rings. The molecule has 0 N–H and O–H groups in total. The first kappa shape index (κ1) is 16.8. The van der Waals surface area contributed by atoms with Crippen LogP contribution >= 0.6 is 11.8 Å². The zero-order valence-corrected chi connectivity index (χ0v) is 11.2. The largest absolute Gasteiger partial charge is 0.461 e. The van der Waals surface area contributed by atoms with E-state index in [1.807, 2.05) is 0 Å². The van der Waals surface area contributed by atoms with Crippen LogP contribution in [-0.4, -0.2) is 49.1 Å². The monoisotopic (exact) mass is 314 g/mol. The lowest BCUT2D eigenvalue weighted by Crippen LogP contribution is -2.29. The van der Waals surface area contributed by atoms with E-state index in [0.29, 0.717) is 12.4 Å². The molecular weight excluding hydrogens is 301 g/mol. The van der Waals surface area contributed by atoms with Crippen molar-refractivity contribution in [3.8, 4) is 0 Å². The number of carbonyl (C=O) groups excluding carboxylic acids is 2. The average molecular weight is 314 g/mol. The van der Waals surface area contributed by atoms with E-state index >= 15 is 0 Å². The van der Waals surface area contributed by atoms with E-state index in [2.05, 4.69) is 11.3 Å². The van der Waals surface area contributed by atoms with Crippen LogP contribution in [0.5, 0.6) is 0 Å². The summed E-state index contributed by atoms with van der Waals surface area (Å²) in [7, 11) is 0. The molecule has 20 heavy (non-hydrogen) atoms. The molecule has 1 unspecified atom stereocenters. The van der Waals surface area contributed by atoms with Gasteiger partial charge in [-0.05, 0) is 0 Å². The van der Waals surface area contributed by atoms with Gasteiger partial charge < -0.3 is 14.2 Å². The fourth-order valence-corrected chi connectivity index (χ4v) is 1.91. The van der Waals surface area contributed by atoms with E-state index in [-0.39, 0.29) is 6.42 Å². The number of hydrogen-bond donors (Lipinski definition) is 0. The molecule has 1 heterocycles. The second-order valence-corrected chi connectivity index (χ2v) is 4.88. The summed E-state index contributed by atoms with van der Waals surface area (Å²) in [6, 6.07) is 0. The lowest BCUT2D eigenvalue weighted by atomic mass is 10.3. The Bertz CT molecular complexity index is 377. The zero-order chi connectivity index (χ0) is 15.2. The van der Waals surface area contributed by atoms with Crippen molar-refractivity contribution in [1.82, 2.24) is 0 Å². The Morgan fingerprint density at radius 1 is 1.40 bits per heavy atom. The number of alkyl halides is 3. The molecule has 0 aromatic heterocycles. The van der Waals surface area contributed by atoms with Gasteiger partial charge in [-0.25, -0.2) is 4.79 Å². The maximum absolute atomic E-state index is 12.1. The lowest BCUT2D eigenvalue weighted by molar-refractivity contribution is -0.174. The highest BCUT2D eigenvalue weighted by Crippen LogP contribution is 2.24. The standard InChI is InChI=1S/C11H13F3O5S/c1-7(11(12,13)14)10(16)18-3-2-8(15)19-9-6-20-5-4-17-9/h9H,1-6H2. The fraction of sp³-hybridized carbons (Fsp3) is 0.636. The van der Waals surface area contributed by atoms with E-state index in [0.717, 1.165) is 5.75 Å². The summed E-state index contributed by atoms with van der Waals surface area (Å²) >= 11 is 1.56. The number of thioether (sulfide) groups is 1. The molecular formula is C11H13F3O5S. The van der Waals surface area contributed by atoms with Gasteiger partial charge >= 0.3 is 18.1 Å². The Labute approximate surface area is 117 Å². The highest BCUT2D eigenvalue weighted by molar-refractivity contribution is 7.99. The van der Waals surface area contributed by atoms with Crippen molar-refractivity contribution in [3.05, 3.63) is 12.2 Å². The van der Waals surface area contributed by atoms with Crippen molar-refractivity contribution < 1.29 is 37.0 Å². The number of hydrogen-bond acceptors (Lipinski definition) is 6. The van der Waals surface area contributed by atoms with Gasteiger partial charge in [0.25, 0.3) is 0 Å². The van der Waals surface area contributed by atoms with E-state index in [1.165, 1.54) is 0 Å². The molecule has 0 aliphatic carbocycles. The Morgan fingerprint density at radius 2 is 2.10 bits per heavy atom. The molecule has 9 heteroatoms. The molecule has 0 aromatic carbocycles. The van der Waals surface area contributed by atoms with Crippen LogP contribution in [0.25, 0.3) is 0 Å². The highest BCUT2D eigenvalue weighted by atomic mass is 32.2. The smallest absolute Gasteiger partial charge is 0.422 e. The lowest BCUT2D eigenvalue weighted by Gasteiger charge is -2.21. The molecule has 0 radical (unpaired) electrons. The predicted molar refractivity (Wildman–Crippen MR) is 63.9 cm³/mol. The van der Waals surface area contributed by atoms with Crippen molar-refractivity contribution in [1.29, 1.82) is 0 Å². The molecule has 1 rings (SSSR count). The first-order chi connectivity index (χ1) is 9.30. The van der Waals surface area contributed by atoms with Crippen LogP contribution in [0.1, 0.15) is 6.42 Å². The van der Waals surface area contributed by atoms with Crippen molar-refractivity contribution in [2.75, 3.05) is 24.7 Å². The molecule has 0 spiro atoms. The third-order valence-corrected chi connectivity index (χ3v) is 3.14. The predicted octanol–water partition coefficient (Wildman–Crippen LogP) is 1.67. The second-order valence-electron chi connectivity index (χ2n) is 3.73. The maximum atomic E-state index is 12.1. The molecule has 0 amide bonds. The van der Waals surface area contributed by atoms with Crippen molar-refractivity contribution in [3.63, 3.8) is 0 Å². The Balaban J connectivity index is 2.21. The number of ether oxygens (including phenoxy) is 3. The van der Waals surface area contributed by atoms with Gasteiger partial charge in [-0.1, -0.05) is 6.58 Å². The Morgan fingerprint density at radius 3 is 2.65 bits per heavy atom. The van der Waals surface area contributed by atoms with Gasteiger partial charge in [0, 0.05) is 5.75 Å². The van der Waals surface area contributed by atoms with Gasteiger partial charge in [-0.3, -0.25) is 4.79 Å². The van der Waals surface area contributed by atoms with Gasteiger partial charge in [-0.15, -0.1) is 0 Å². The summed E-state index contributed by atoms with van der Waals surface area (Å²) < 4.78 is 50.5. The SMILES string of the molecule is C=C(C(=O)OCCC(=O)OC1CSCCO1)C(F)(F)F. The molecule has 1 atom stereocenters. The first-order valence-electron chi connectivity index (χ1n) is 5.62. The fourth-order valence-electron chi connectivity index (χ4n) is 1.17. The third-order valence-electron chi connectivity index (χ3n) is 2.18. The maximum Gasteiger partial charge on any atom is 0.422 e. The minimum Gasteiger partial charge on any atom is -0.461 e. The normalized spacial score (nSPS) is 19.2. The Hall–Kier alpha value is -1.22. The van der Waals surface area contributed by atoms with Crippen molar-refractivity contribution >= 4 is 23.7 Å². The summed E-state index contributed by atoms with van der Waals surface area (Å²) in [6.45, 7) is 2.53. The third kappa shape index (κ3) is 5.83. The molecule has 5 nitrogen and oxygen atoms in total. The molecule has 114 valence electrons. The molecule has 1 saturated heterocycles. The average Bonchev–Trinajstić information content (AvgIpc) is 2.37. The van der Waals surface area contributed by atoms with Crippen molar-refractivity contribution in [2.24, 2.45) is 0 Å². The van der Waals surface area contributed by atoms with Crippen LogP contribution in [0.2, 0.25) is 0 Å². The van der Waals surface area contributed by atoms with Gasteiger partial charge in [0.1, 0.15) is 12.2 Å². The summed E-state index contributed by atoms with van der Waals surface area (Å²) in [6.07, 6.45) is -5.85. The summed E-state index contributed by atoms with van der Waals surface area (Å²) in [5.74, 6) is -1.00. The zero-order valence-electron chi connectivity index (χ0n) is 10.4. The van der Waals surface area contributed by atoms with Crippen LogP contribution in [0.4, 0.5) is 13.2 Å². The number of esters is 2. The van der Waals surface area contributed by atoms with Crippen molar-refractivity contribution in [2.45, 2.75) is 18.9 Å². The minimum atomic E-state index is -4.84. The quantitative estimate of drug-likeness (QED) is 0.568. The molecule has 1 aliphatic rings. The van der Waals surface area contributed by atoms with E-state index in [4.69, 9.17) is 9.47 Å². The minimum absolute atomic E-state index is 0.346. The van der Waals surface area contributed by atoms with Crippen LogP contribution < -0.4 is 0 Å². The van der Waals surface area contributed by atoms with E-state index in [1.54, 1.807) is 11.8 Å². The van der Waals surface area contributed by atoms with Crippen LogP contribution in [0.3, 0.4) is 0 Å². The number of carbonyl (C=O) groups is 2. The van der Waals surface area contributed by atoms with Gasteiger partial charge in [0.05, 0.1) is 18.8 Å². The number of halogens is 3. The topological polar surface area (TPSA) is 61.8 Å². The van der Waals surface area contributed by atoms with Gasteiger partial charge in [-0.2, -0.15) is 24.9 Å². The van der Waals surface area contributed by atoms with Gasteiger partial charge in [0.15, 0.2) is 0 Å². The second kappa shape index (κ2) is 7.53. The van der Waals surface area contributed by atoms with Crippen LogP contribution in [0, 0.1) is 0 Å². The van der Waals surface area contributed by atoms with E-state index in [9.17, 15) is 22.8 Å². The molecule has 0 aromatic rings. The first-order valence-corrected chi connectivity index (χ1v) is 6.78.